The van der Waals surface area contributed by atoms with E-state index in [0.29, 0.717) is 11.7 Å². The molecule has 0 saturated heterocycles. The van der Waals surface area contributed by atoms with Crippen molar-refractivity contribution in [1.82, 2.24) is 0 Å². The lowest BCUT2D eigenvalue weighted by atomic mass is 9.71. The fraction of sp³-hybridized carbons (Fsp3) is 0.588. The quantitative estimate of drug-likeness (QED) is 0.686. The highest BCUT2D eigenvalue weighted by Crippen LogP contribution is 2.38. The van der Waals surface area contributed by atoms with Gasteiger partial charge in [-0.05, 0) is 24.3 Å². The molecule has 18 heavy (non-hydrogen) atoms. The molecular weight excluding hydrogens is 220 g/mol. The van der Waals surface area contributed by atoms with Crippen molar-refractivity contribution >= 4 is 5.78 Å². The van der Waals surface area contributed by atoms with Crippen LogP contribution in [0.3, 0.4) is 0 Å². The Morgan fingerprint density at radius 1 is 1.06 bits per heavy atom. The van der Waals surface area contributed by atoms with E-state index >= 15 is 0 Å². The first kappa shape index (κ1) is 13.3. The molecule has 1 fully saturated rings. The summed E-state index contributed by atoms with van der Waals surface area (Å²) in [4.78, 5) is 12.6. The molecule has 2 rings (SSSR count). The zero-order chi connectivity index (χ0) is 13.2. The van der Waals surface area contributed by atoms with Gasteiger partial charge in [0, 0.05) is 11.0 Å². The summed E-state index contributed by atoms with van der Waals surface area (Å²) in [6.07, 6.45) is 5.79. The van der Waals surface area contributed by atoms with E-state index < -0.39 is 0 Å². The van der Waals surface area contributed by atoms with Crippen LogP contribution in [0.1, 0.15) is 74.7 Å². The van der Waals surface area contributed by atoms with E-state index in [2.05, 4.69) is 32.9 Å². The Morgan fingerprint density at radius 3 is 2.11 bits per heavy atom. The summed E-state index contributed by atoms with van der Waals surface area (Å²) in [7, 11) is 0. The first-order chi connectivity index (χ1) is 8.53. The molecule has 0 heterocycles. The Hall–Kier alpha value is -1.11. The SMILES string of the molecule is CC(C)c1ccc(C(=O)C2(C)CCCCC2)cc1. The molecule has 0 aliphatic heterocycles. The number of carbonyl (C=O) groups excluding carboxylic acids is 1. The average molecular weight is 244 g/mol. The lowest BCUT2D eigenvalue weighted by molar-refractivity contribution is 0.0749. The number of carbonyl (C=O) groups is 1. The third kappa shape index (κ3) is 2.66. The standard InChI is InChI=1S/C17H24O/c1-13(2)14-7-9-15(10-8-14)16(18)17(3)11-5-4-6-12-17/h7-10,13H,4-6,11-12H2,1-3H3. The Morgan fingerprint density at radius 2 is 1.61 bits per heavy atom. The highest BCUT2D eigenvalue weighted by Gasteiger charge is 2.34. The lowest BCUT2D eigenvalue weighted by Gasteiger charge is -2.32. The van der Waals surface area contributed by atoms with E-state index in [0.717, 1.165) is 18.4 Å². The van der Waals surface area contributed by atoms with Gasteiger partial charge in [0.05, 0.1) is 0 Å². The molecule has 98 valence electrons. The van der Waals surface area contributed by atoms with Crippen molar-refractivity contribution < 1.29 is 4.79 Å². The summed E-state index contributed by atoms with van der Waals surface area (Å²) in [5.41, 5.74) is 2.08. The average Bonchev–Trinajstić information content (AvgIpc) is 2.39. The first-order valence-electron chi connectivity index (χ1n) is 7.18. The van der Waals surface area contributed by atoms with Crippen LogP contribution in [0.2, 0.25) is 0 Å². The number of rotatable bonds is 3. The molecule has 1 nitrogen and oxygen atoms in total. The van der Waals surface area contributed by atoms with Crippen molar-refractivity contribution in [2.45, 2.75) is 58.8 Å². The van der Waals surface area contributed by atoms with Gasteiger partial charge in [-0.2, -0.15) is 0 Å². The number of Topliss-reactive ketones (excluding diaryl/α,β-unsaturated/α-hetero) is 1. The highest BCUT2D eigenvalue weighted by molar-refractivity contribution is 6.00. The van der Waals surface area contributed by atoms with E-state index in [9.17, 15) is 4.79 Å². The van der Waals surface area contributed by atoms with Gasteiger partial charge in [0.2, 0.25) is 0 Å². The van der Waals surface area contributed by atoms with E-state index in [4.69, 9.17) is 0 Å². The third-order valence-electron chi connectivity index (χ3n) is 4.34. The molecule has 1 heteroatoms. The number of hydrogen-bond donors (Lipinski definition) is 0. The Bertz CT molecular complexity index is 408. The Labute approximate surface area is 111 Å². The monoisotopic (exact) mass is 244 g/mol. The van der Waals surface area contributed by atoms with E-state index in [1.807, 2.05) is 12.1 Å². The van der Waals surface area contributed by atoms with Crippen molar-refractivity contribution in [3.8, 4) is 0 Å². The number of hydrogen-bond acceptors (Lipinski definition) is 1. The van der Waals surface area contributed by atoms with Gasteiger partial charge >= 0.3 is 0 Å². The van der Waals surface area contributed by atoms with E-state index in [-0.39, 0.29) is 5.41 Å². The Kier molecular flexibility index (Phi) is 3.89. The molecule has 1 saturated carbocycles. The summed E-state index contributed by atoms with van der Waals surface area (Å²) in [5.74, 6) is 0.872. The zero-order valence-corrected chi connectivity index (χ0v) is 11.8. The van der Waals surface area contributed by atoms with Gasteiger partial charge < -0.3 is 0 Å². The smallest absolute Gasteiger partial charge is 0.168 e. The molecule has 0 N–H and O–H groups in total. The van der Waals surface area contributed by atoms with Crippen LogP contribution in [-0.2, 0) is 0 Å². The van der Waals surface area contributed by atoms with Gasteiger partial charge in [-0.15, -0.1) is 0 Å². The van der Waals surface area contributed by atoms with Crippen molar-refractivity contribution in [2.24, 2.45) is 5.41 Å². The fourth-order valence-corrected chi connectivity index (χ4v) is 2.93. The fourth-order valence-electron chi connectivity index (χ4n) is 2.93. The minimum atomic E-state index is -0.113. The molecule has 0 amide bonds. The van der Waals surface area contributed by atoms with Crippen LogP contribution in [0, 0.1) is 5.41 Å². The van der Waals surface area contributed by atoms with Crippen LogP contribution in [-0.4, -0.2) is 5.78 Å². The minimum Gasteiger partial charge on any atom is -0.294 e. The molecule has 1 aromatic carbocycles. The predicted octanol–water partition coefficient (Wildman–Crippen LogP) is 4.96. The molecule has 0 atom stereocenters. The second-order valence-electron chi connectivity index (χ2n) is 6.23. The summed E-state index contributed by atoms with van der Waals surface area (Å²) in [5, 5.41) is 0. The van der Waals surface area contributed by atoms with Crippen molar-refractivity contribution in [3.63, 3.8) is 0 Å². The van der Waals surface area contributed by atoms with Crippen LogP contribution < -0.4 is 0 Å². The van der Waals surface area contributed by atoms with Gasteiger partial charge in [-0.25, -0.2) is 0 Å². The van der Waals surface area contributed by atoms with Gasteiger partial charge in [-0.3, -0.25) is 4.79 Å². The van der Waals surface area contributed by atoms with Crippen LogP contribution in [0.4, 0.5) is 0 Å². The minimum absolute atomic E-state index is 0.113. The van der Waals surface area contributed by atoms with E-state index in [1.165, 1.54) is 24.8 Å². The second-order valence-corrected chi connectivity index (χ2v) is 6.23. The molecule has 0 radical (unpaired) electrons. The molecule has 1 aliphatic rings. The summed E-state index contributed by atoms with van der Waals surface area (Å²) in [6.45, 7) is 6.50. The first-order valence-corrected chi connectivity index (χ1v) is 7.18. The maximum absolute atomic E-state index is 12.6. The third-order valence-corrected chi connectivity index (χ3v) is 4.34. The van der Waals surface area contributed by atoms with Crippen LogP contribution >= 0.6 is 0 Å². The maximum Gasteiger partial charge on any atom is 0.168 e. The molecular formula is C17H24O. The number of ketones is 1. The topological polar surface area (TPSA) is 17.1 Å². The second kappa shape index (κ2) is 5.26. The molecule has 1 aromatic rings. The van der Waals surface area contributed by atoms with Gasteiger partial charge in [-0.1, -0.05) is 64.3 Å². The maximum atomic E-state index is 12.6. The summed E-state index contributed by atoms with van der Waals surface area (Å²) < 4.78 is 0. The number of benzene rings is 1. The normalized spacial score (nSPS) is 18.9. The van der Waals surface area contributed by atoms with Gasteiger partial charge in [0.1, 0.15) is 0 Å². The van der Waals surface area contributed by atoms with Crippen molar-refractivity contribution in [2.75, 3.05) is 0 Å². The molecule has 0 aromatic heterocycles. The molecule has 0 unspecified atom stereocenters. The van der Waals surface area contributed by atoms with Crippen LogP contribution in [0.5, 0.6) is 0 Å². The van der Waals surface area contributed by atoms with Crippen molar-refractivity contribution in [1.29, 1.82) is 0 Å². The Balaban J connectivity index is 2.17. The molecule has 1 aliphatic carbocycles. The van der Waals surface area contributed by atoms with Crippen molar-refractivity contribution in [3.05, 3.63) is 35.4 Å². The largest absolute Gasteiger partial charge is 0.294 e. The van der Waals surface area contributed by atoms with E-state index in [1.54, 1.807) is 0 Å². The summed E-state index contributed by atoms with van der Waals surface area (Å²) in [6, 6.07) is 8.23. The van der Waals surface area contributed by atoms with Crippen LogP contribution in [0.25, 0.3) is 0 Å². The predicted molar refractivity (Wildman–Crippen MR) is 76.1 cm³/mol. The van der Waals surface area contributed by atoms with Crippen LogP contribution in [0.15, 0.2) is 24.3 Å². The van der Waals surface area contributed by atoms with Gasteiger partial charge in [0.15, 0.2) is 5.78 Å². The highest BCUT2D eigenvalue weighted by atomic mass is 16.1. The summed E-state index contributed by atoms with van der Waals surface area (Å²) >= 11 is 0. The molecule has 0 bridgehead atoms. The van der Waals surface area contributed by atoms with Gasteiger partial charge in [0.25, 0.3) is 0 Å². The zero-order valence-electron chi connectivity index (χ0n) is 11.8. The molecule has 0 spiro atoms. The lowest BCUT2D eigenvalue weighted by Crippen LogP contribution is -2.30.